The van der Waals surface area contributed by atoms with Gasteiger partial charge >= 0.3 is 16.1 Å². The van der Waals surface area contributed by atoms with Gasteiger partial charge in [-0.15, -0.1) is 0 Å². The summed E-state index contributed by atoms with van der Waals surface area (Å²) in [6, 6.07) is 8.88. The van der Waals surface area contributed by atoms with E-state index in [0.717, 1.165) is 11.1 Å². The quantitative estimate of drug-likeness (QED) is 0.620. The number of carbonyl (C=O) groups excluding carboxylic acids is 1. The molecule has 5 nitrogen and oxygen atoms in total. The Morgan fingerprint density at radius 2 is 1.65 bits per heavy atom. The molecule has 0 N–H and O–H groups in total. The number of benzene rings is 2. The zero-order valence-corrected chi connectivity index (χ0v) is 14.4. The van der Waals surface area contributed by atoms with Crippen molar-refractivity contribution in [1.82, 2.24) is 0 Å². The largest absolute Gasteiger partial charge is 0.465 e. The lowest BCUT2D eigenvalue weighted by molar-refractivity contribution is 0.0600. The molecule has 2 aromatic carbocycles. The zero-order valence-electron chi connectivity index (χ0n) is 12.8. The molecule has 2 aromatic rings. The van der Waals surface area contributed by atoms with E-state index in [1.807, 2.05) is 19.9 Å². The number of halogens is 1. The van der Waals surface area contributed by atoms with E-state index in [2.05, 4.69) is 4.74 Å². The molecule has 0 aliphatic carbocycles. The number of hydrogen-bond acceptors (Lipinski definition) is 5. The molecule has 0 heterocycles. The first kappa shape index (κ1) is 17.3. The number of ether oxygens (including phenoxy) is 1. The number of hydrogen-bond donors (Lipinski definition) is 0. The van der Waals surface area contributed by atoms with E-state index in [4.69, 9.17) is 15.8 Å². The van der Waals surface area contributed by atoms with Gasteiger partial charge in [0.1, 0.15) is 10.6 Å². The van der Waals surface area contributed by atoms with Crippen molar-refractivity contribution >= 4 is 27.7 Å². The minimum Gasteiger partial charge on any atom is -0.465 e. The van der Waals surface area contributed by atoms with Crippen molar-refractivity contribution in [2.75, 3.05) is 7.11 Å². The fourth-order valence-corrected chi connectivity index (χ4v) is 3.54. The number of rotatable bonds is 4. The van der Waals surface area contributed by atoms with Crippen molar-refractivity contribution in [2.45, 2.75) is 18.7 Å². The minimum absolute atomic E-state index is 0.114. The lowest BCUT2D eigenvalue weighted by atomic mass is 10.1. The van der Waals surface area contributed by atoms with E-state index in [1.54, 1.807) is 12.1 Å². The molecule has 0 saturated carbocycles. The van der Waals surface area contributed by atoms with E-state index in [-0.39, 0.29) is 21.2 Å². The lowest BCUT2D eigenvalue weighted by Crippen LogP contribution is -2.11. The van der Waals surface area contributed by atoms with Crippen LogP contribution >= 0.6 is 11.6 Å². The molecule has 0 atom stereocenters. The van der Waals surface area contributed by atoms with E-state index in [1.165, 1.54) is 25.3 Å². The van der Waals surface area contributed by atoms with Crippen molar-refractivity contribution in [3.63, 3.8) is 0 Å². The molecule has 0 amide bonds. The Hall–Kier alpha value is -2.05. The van der Waals surface area contributed by atoms with Gasteiger partial charge in [0.25, 0.3) is 0 Å². The van der Waals surface area contributed by atoms with Gasteiger partial charge in [-0.1, -0.05) is 17.7 Å². The van der Waals surface area contributed by atoms with E-state index in [0.29, 0.717) is 0 Å². The highest BCUT2D eigenvalue weighted by Crippen LogP contribution is 2.27. The third-order valence-corrected chi connectivity index (χ3v) is 4.75. The van der Waals surface area contributed by atoms with Gasteiger partial charge in [-0.05, 0) is 55.3 Å². The van der Waals surface area contributed by atoms with Gasteiger partial charge in [-0.2, -0.15) is 8.42 Å². The second-order valence-corrected chi connectivity index (χ2v) is 6.92. The molecular weight excluding hydrogens is 340 g/mol. The SMILES string of the molecule is COC(=O)c1ccc(S(=O)(=O)Oc2cc(C)cc(C)c2)c(Cl)c1. The normalized spacial score (nSPS) is 11.1. The number of aryl methyl sites for hydroxylation is 2. The van der Waals surface area contributed by atoms with E-state index >= 15 is 0 Å². The Morgan fingerprint density at radius 3 is 2.17 bits per heavy atom. The van der Waals surface area contributed by atoms with Crippen LogP contribution in [0.1, 0.15) is 21.5 Å². The maximum atomic E-state index is 12.4. The standard InChI is InChI=1S/C16H15ClO5S/c1-10-6-11(2)8-13(7-10)22-23(19,20)15-5-4-12(9-14(15)17)16(18)21-3/h4-9H,1-3H3. The molecule has 0 aromatic heterocycles. The summed E-state index contributed by atoms with van der Waals surface area (Å²) in [5.41, 5.74) is 1.91. The summed E-state index contributed by atoms with van der Waals surface area (Å²) in [5, 5.41) is -0.114. The van der Waals surface area contributed by atoms with Crippen LogP contribution in [-0.4, -0.2) is 21.5 Å². The molecule has 122 valence electrons. The Morgan fingerprint density at radius 1 is 1.04 bits per heavy atom. The smallest absolute Gasteiger partial charge is 0.340 e. The molecule has 0 bridgehead atoms. The highest BCUT2D eigenvalue weighted by molar-refractivity contribution is 7.87. The summed E-state index contributed by atoms with van der Waals surface area (Å²) in [6.45, 7) is 3.68. The first-order chi connectivity index (χ1) is 10.7. The fraction of sp³-hybridized carbons (Fsp3) is 0.188. The molecule has 0 saturated heterocycles. The Labute approximate surface area is 139 Å². The van der Waals surface area contributed by atoms with Gasteiger partial charge in [0.05, 0.1) is 17.7 Å². The molecule has 23 heavy (non-hydrogen) atoms. The molecular formula is C16H15ClO5S. The predicted molar refractivity (Wildman–Crippen MR) is 86.5 cm³/mol. The second-order valence-electron chi connectivity index (χ2n) is 5.00. The Balaban J connectivity index is 2.38. The van der Waals surface area contributed by atoms with Gasteiger partial charge < -0.3 is 8.92 Å². The first-order valence-corrected chi connectivity index (χ1v) is 8.42. The summed E-state index contributed by atoms with van der Waals surface area (Å²) >= 11 is 5.98. The fourth-order valence-electron chi connectivity index (χ4n) is 2.10. The van der Waals surface area contributed by atoms with Crippen molar-refractivity contribution in [3.8, 4) is 5.75 Å². The van der Waals surface area contributed by atoms with Crippen LogP contribution in [0.25, 0.3) is 0 Å². The second kappa shape index (κ2) is 6.60. The third kappa shape index (κ3) is 4.03. The van der Waals surface area contributed by atoms with Crippen molar-refractivity contribution < 1.29 is 22.1 Å². The number of carbonyl (C=O) groups is 1. The molecule has 2 rings (SSSR count). The Kier molecular flexibility index (Phi) is 4.97. The molecule has 0 radical (unpaired) electrons. The maximum absolute atomic E-state index is 12.4. The topological polar surface area (TPSA) is 69.7 Å². The van der Waals surface area contributed by atoms with Gasteiger partial charge in [0.2, 0.25) is 0 Å². The average Bonchev–Trinajstić information content (AvgIpc) is 2.44. The lowest BCUT2D eigenvalue weighted by Gasteiger charge is -2.10. The van der Waals surface area contributed by atoms with Crippen LogP contribution in [0.15, 0.2) is 41.3 Å². The van der Waals surface area contributed by atoms with Crippen LogP contribution < -0.4 is 4.18 Å². The number of methoxy groups -OCH3 is 1. The van der Waals surface area contributed by atoms with Crippen LogP contribution in [0.3, 0.4) is 0 Å². The van der Waals surface area contributed by atoms with Crippen LogP contribution in [-0.2, 0) is 14.9 Å². The van der Waals surface area contributed by atoms with Gasteiger partial charge in [-0.3, -0.25) is 0 Å². The van der Waals surface area contributed by atoms with E-state index in [9.17, 15) is 13.2 Å². The summed E-state index contributed by atoms with van der Waals surface area (Å²) in [7, 11) is -2.88. The minimum atomic E-state index is -4.11. The monoisotopic (exact) mass is 354 g/mol. The molecule has 0 aliphatic heterocycles. The van der Waals surface area contributed by atoms with Gasteiger partial charge in [0, 0.05) is 0 Å². The van der Waals surface area contributed by atoms with Crippen LogP contribution in [0.4, 0.5) is 0 Å². The van der Waals surface area contributed by atoms with Crippen molar-refractivity contribution in [3.05, 3.63) is 58.1 Å². The van der Waals surface area contributed by atoms with Crippen LogP contribution in [0.5, 0.6) is 5.75 Å². The highest BCUT2D eigenvalue weighted by Gasteiger charge is 2.22. The Bertz CT molecular complexity index is 839. The molecule has 7 heteroatoms. The molecule has 0 spiro atoms. The van der Waals surface area contributed by atoms with Crippen LogP contribution in [0.2, 0.25) is 5.02 Å². The first-order valence-electron chi connectivity index (χ1n) is 6.63. The molecule has 0 unspecified atom stereocenters. The van der Waals surface area contributed by atoms with Gasteiger partial charge in [0.15, 0.2) is 0 Å². The predicted octanol–water partition coefficient (Wildman–Crippen LogP) is 3.51. The highest BCUT2D eigenvalue weighted by atomic mass is 35.5. The number of esters is 1. The zero-order chi connectivity index (χ0) is 17.2. The summed E-state index contributed by atoms with van der Waals surface area (Å²) in [6.07, 6.45) is 0. The summed E-state index contributed by atoms with van der Waals surface area (Å²) in [4.78, 5) is 11.2. The molecule has 0 aliphatic rings. The summed E-state index contributed by atoms with van der Waals surface area (Å²) < 4.78 is 34.4. The van der Waals surface area contributed by atoms with Crippen molar-refractivity contribution in [1.29, 1.82) is 0 Å². The average molecular weight is 355 g/mol. The van der Waals surface area contributed by atoms with E-state index < -0.39 is 16.1 Å². The molecule has 0 fully saturated rings. The summed E-state index contributed by atoms with van der Waals surface area (Å²) in [5.74, 6) is -0.401. The van der Waals surface area contributed by atoms with Gasteiger partial charge in [-0.25, -0.2) is 4.79 Å². The third-order valence-electron chi connectivity index (χ3n) is 3.02. The maximum Gasteiger partial charge on any atom is 0.340 e. The van der Waals surface area contributed by atoms with Crippen LogP contribution in [0, 0.1) is 13.8 Å². The van der Waals surface area contributed by atoms with Crippen molar-refractivity contribution in [2.24, 2.45) is 0 Å².